The van der Waals surface area contributed by atoms with E-state index in [0.717, 1.165) is 15.4 Å². The Balaban J connectivity index is 1.85. The summed E-state index contributed by atoms with van der Waals surface area (Å²) in [5.74, 6) is -1.44. The summed E-state index contributed by atoms with van der Waals surface area (Å²) >= 11 is 3.42. The first-order chi connectivity index (χ1) is 12.4. The molecule has 0 unspecified atom stereocenters. The minimum atomic E-state index is -1.10. The minimum absolute atomic E-state index is 0.170. The van der Waals surface area contributed by atoms with E-state index in [1.165, 1.54) is 0 Å². The molecule has 2 rings (SSSR count). The molecule has 0 bridgehead atoms. The van der Waals surface area contributed by atoms with Gasteiger partial charge >= 0.3 is 12.0 Å². The lowest BCUT2D eigenvalue weighted by Crippen LogP contribution is -2.41. The lowest BCUT2D eigenvalue weighted by Gasteiger charge is -2.15. The molecule has 3 amide bonds. The van der Waals surface area contributed by atoms with Crippen LogP contribution < -0.4 is 16.4 Å². The Morgan fingerprint density at radius 2 is 2.04 bits per heavy atom. The number of hydrogen-bond acceptors (Lipinski definition) is 3. The van der Waals surface area contributed by atoms with Gasteiger partial charge in [0.1, 0.15) is 6.04 Å². The molecule has 0 saturated heterocycles. The van der Waals surface area contributed by atoms with Crippen LogP contribution in [-0.4, -0.2) is 40.2 Å². The first-order valence-electron chi connectivity index (χ1n) is 8.16. The summed E-state index contributed by atoms with van der Waals surface area (Å²) in [4.78, 5) is 34.0. The predicted octanol–water partition coefficient (Wildman–Crippen LogP) is 1.81. The number of hydrogen-bond donors (Lipinski definition) is 4. The highest BCUT2D eigenvalue weighted by Crippen LogP contribution is 2.21. The highest BCUT2D eigenvalue weighted by molar-refractivity contribution is 9.10. The zero-order valence-corrected chi connectivity index (χ0v) is 15.7. The number of carbonyl (C=O) groups excluding carboxylic acids is 2. The molecule has 0 aliphatic heterocycles. The van der Waals surface area contributed by atoms with Crippen LogP contribution >= 0.6 is 15.9 Å². The third-order valence-corrected chi connectivity index (χ3v) is 4.41. The fourth-order valence-electron chi connectivity index (χ4n) is 2.63. The quantitative estimate of drug-likeness (QED) is 0.457. The van der Waals surface area contributed by atoms with Crippen LogP contribution in [0.4, 0.5) is 4.79 Å². The van der Waals surface area contributed by atoms with Crippen molar-refractivity contribution in [2.45, 2.75) is 31.8 Å². The lowest BCUT2D eigenvalue weighted by molar-refractivity contribution is -0.142. The zero-order chi connectivity index (χ0) is 19.1. The topological polar surface area (TPSA) is 126 Å². The summed E-state index contributed by atoms with van der Waals surface area (Å²) in [5.41, 5.74) is 5.95. The third-order valence-electron chi connectivity index (χ3n) is 3.91. The molecular weight excluding hydrogens is 404 g/mol. The normalized spacial score (nSPS) is 11.9. The zero-order valence-electron chi connectivity index (χ0n) is 14.1. The van der Waals surface area contributed by atoms with E-state index in [1.54, 1.807) is 0 Å². The van der Waals surface area contributed by atoms with Gasteiger partial charge < -0.3 is 26.0 Å². The van der Waals surface area contributed by atoms with E-state index in [9.17, 15) is 19.5 Å². The smallest absolute Gasteiger partial charge is 0.326 e. The van der Waals surface area contributed by atoms with Gasteiger partial charge in [-0.25, -0.2) is 9.59 Å². The van der Waals surface area contributed by atoms with Crippen LogP contribution in [-0.2, 0) is 16.1 Å². The molecule has 9 heteroatoms. The Bertz CT molecular complexity index is 805. The third kappa shape index (κ3) is 5.76. The van der Waals surface area contributed by atoms with E-state index in [2.05, 4.69) is 26.6 Å². The Kier molecular flexibility index (Phi) is 7.02. The van der Waals surface area contributed by atoms with Crippen LogP contribution in [0.5, 0.6) is 0 Å². The Labute approximate surface area is 158 Å². The second-order valence-corrected chi connectivity index (χ2v) is 6.77. The average molecular weight is 425 g/mol. The molecule has 0 spiro atoms. The van der Waals surface area contributed by atoms with Gasteiger partial charge in [-0.15, -0.1) is 0 Å². The molecule has 140 valence electrons. The van der Waals surface area contributed by atoms with Crippen molar-refractivity contribution in [1.82, 2.24) is 15.2 Å². The largest absolute Gasteiger partial charge is 0.480 e. The number of rotatable bonds is 9. The number of nitrogens with one attached hydrogen (secondary N) is 2. The Morgan fingerprint density at radius 1 is 1.27 bits per heavy atom. The summed E-state index contributed by atoms with van der Waals surface area (Å²) in [5, 5.41) is 15.2. The Hall–Kier alpha value is -2.55. The average Bonchev–Trinajstić information content (AvgIpc) is 2.97. The molecule has 2 aromatic rings. The number of aliphatic carboxylic acids is 1. The van der Waals surface area contributed by atoms with Crippen molar-refractivity contribution in [2.75, 3.05) is 6.54 Å². The van der Waals surface area contributed by atoms with Crippen molar-refractivity contribution in [3.05, 3.63) is 34.9 Å². The molecule has 1 aromatic carbocycles. The number of fused-ring (bicyclic) bond motifs is 1. The van der Waals surface area contributed by atoms with Crippen LogP contribution in [0.2, 0.25) is 0 Å². The second-order valence-electron chi connectivity index (χ2n) is 5.85. The maximum atomic E-state index is 12.1. The van der Waals surface area contributed by atoms with Gasteiger partial charge in [0, 0.05) is 41.1 Å². The fourth-order valence-corrected chi connectivity index (χ4v) is 3.01. The number of halogens is 1. The van der Waals surface area contributed by atoms with E-state index >= 15 is 0 Å². The van der Waals surface area contributed by atoms with Crippen LogP contribution in [0.15, 0.2) is 34.9 Å². The summed E-state index contributed by atoms with van der Waals surface area (Å²) in [6.45, 7) is 0.715. The summed E-state index contributed by atoms with van der Waals surface area (Å²) in [6.07, 6.45) is 2.68. The molecule has 1 heterocycles. The van der Waals surface area contributed by atoms with Crippen molar-refractivity contribution in [2.24, 2.45) is 5.73 Å². The standard InChI is InChI=1S/C17H21BrN4O4/c18-12-3-4-14-11(10-12)5-8-22(14)9-6-15(23)21-13(16(24)25)2-1-7-20-17(19)26/h3-5,8,10,13H,1-2,6-7,9H2,(H,21,23)(H,24,25)(H3,19,20,26)/t13-/m1/s1. The summed E-state index contributed by atoms with van der Waals surface area (Å²) < 4.78 is 2.93. The number of nitrogens with two attached hydrogens (primary N) is 1. The van der Waals surface area contributed by atoms with Gasteiger partial charge in [0.25, 0.3) is 0 Å². The first kappa shape index (κ1) is 19.8. The number of carboxylic acids is 1. The molecule has 0 radical (unpaired) electrons. The molecule has 26 heavy (non-hydrogen) atoms. The van der Waals surface area contributed by atoms with Crippen molar-refractivity contribution < 1.29 is 19.5 Å². The molecule has 5 N–H and O–H groups in total. The molecule has 0 aliphatic rings. The van der Waals surface area contributed by atoms with Crippen molar-refractivity contribution >= 4 is 44.7 Å². The molecule has 0 aliphatic carbocycles. The number of primary amides is 1. The van der Waals surface area contributed by atoms with E-state index < -0.39 is 18.0 Å². The van der Waals surface area contributed by atoms with Gasteiger partial charge in [-0.1, -0.05) is 15.9 Å². The maximum absolute atomic E-state index is 12.1. The molecule has 1 aromatic heterocycles. The van der Waals surface area contributed by atoms with Gasteiger partial charge in [0.2, 0.25) is 5.91 Å². The van der Waals surface area contributed by atoms with E-state index in [0.29, 0.717) is 13.0 Å². The van der Waals surface area contributed by atoms with E-state index in [1.807, 2.05) is 35.0 Å². The van der Waals surface area contributed by atoms with Crippen molar-refractivity contribution in [3.63, 3.8) is 0 Å². The lowest BCUT2D eigenvalue weighted by atomic mass is 10.1. The van der Waals surface area contributed by atoms with Gasteiger partial charge in [0.15, 0.2) is 0 Å². The number of carbonyl (C=O) groups is 3. The van der Waals surface area contributed by atoms with Crippen molar-refractivity contribution in [1.29, 1.82) is 0 Å². The summed E-state index contributed by atoms with van der Waals surface area (Å²) in [7, 11) is 0. The first-order valence-corrected chi connectivity index (χ1v) is 8.96. The molecule has 1 atom stereocenters. The number of urea groups is 1. The molecule has 0 saturated carbocycles. The van der Waals surface area contributed by atoms with Crippen LogP contribution in [0.3, 0.4) is 0 Å². The van der Waals surface area contributed by atoms with Crippen LogP contribution in [0, 0.1) is 0 Å². The monoisotopic (exact) mass is 424 g/mol. The molecular formula is C17H21BrN4O4. The number of carboxylic acid groups (broad SMARTS) is 1. The van der Waals surface area contributed by atoms with E-state index in [-0.39, 0.29) is 25.3 Å². The maximum Gasteiger partial charge on any atom is 0.326 e. The minimum Gasteiger partial charge on any atom is -0.480 e. The van der Waals surface area contributed by atoms with E-state index in [4.69, 9.17) is 5.73 Å². The van der Waals surface area contributed by atoms with Gasteiger partial charge in [-0.3, -0.25) is 4.79 Å². The number of aromatic nitrogens is 1. The number of benzene rings is 1. The number of aryl methyl sites for hydroxylation is 1. The van der Waals surface area contributed by atoms with Crippen LogP contribution in [0.1, 0.15) is 19.3 Å². The van der Waals surface area contributed by atoms with Gasteiger partial charge in [-0.05, 0) is 37.1 Å². The van der Waals surface area contributed by atoms with Crippen molar-refractivity contribution in [3.8, 4) is 0 Å². The van der Waals surface area contributed by atoms with Crippen LogP contribution in [0.25, 0.3) is 10.9 Å². The second kappa shape index (κ2) is 9.23. The van der Waals surface area contributed by atoms with Gasteiger partial charge in [0.05, 0.1) is 0 Å². The predicted molar refractivity (Wildman–Crippen MR) is 101 cm³/mol. The number of amides is 3. The number of nitrogens with zero attached hydrogens (tertiary/aromatic N) is 1. The molecule has 8 nitrogen and oxygen atoms in total. The highest BCUT2D eigenvalue weighted by Gasteiger charge is 2.19. The highest BCUT2D eigenvalue weighted by atomic mass is 79.9. The van der Waals surface area contributed by atoms with Gasteiger partial charge in [-0.2, -0.15) is 0 Å². The fraction of sp³-hybridized carbons (Fsp3) is 0.353. The SMILES string of the molecule is NC(=O)NCCC[C@@H](NC(=O)CCn1ccc2cc(Br)ccc21)C(=O)O. The summed E-state index contributed by atoms with van der Waals surface area (Å²) in [6, 6.07) is 6.19. The Morgan fingerprint density at radius 3 is 2.73 bits per heavy atom. The molecule has 0 fully saturated rings.